The van der Waals surface area contributed by atoms with E-state index in [4.69, 9.17) is 10.2 Å². The van der Waals surface area contributed by atoms with Crippen LogP contribution in [0.2, 0.25) is 0 Å². The number of rotatable bonds is 1. The van der Waals surface area contributed by atoms with Crippen LogP contribution in [0.1, 0.15) is 26.7 Å². The van der Waals surface area contributed by atoms with Crippen LogP contribution >= 0.6 is 8.03 Å². The summed E-state index contributed by atoms with van der Waals surface area (Å²) in [7, 11) is -2.82. The highest BCUT2D eigenvalue weighted by Crippen LogP contribution is 2.05. The van der Waals surface area contributed by atoms with Gasteiger partial charge in [0.25, 0.3) is 8.03 Å². The Morgan fingerprint density at radius 1 is 1.56 bits per heavy atom. The lowest BCUT2D eigenvalue weighted by Gasteiger charge is -1.68. The average molecular weight is 149 g/mol. The minimum absolute atomic E-state index is 1.13. The van der Waals surface area contributed by atoms with Gasteiger partial charge in [-0.1, -0.05) is 26.7 Å². The van der Waals surface area contributed by atoms with E-state index in [1.54, 1.807) is 0 Å². The van der Waals surface area contributed by atoms with E-state index >= 15 is 0 Å². The molecule has 0 aromatic rings. The third-order valence-electron chi connectivity index (χ3n) is 0.596. The smallest absolute Gasteiger partial charge is 0.285 e. The van der Waals surface area contributed by atoms with Crippen LogP contribution in [-0.2, 0) is 4.57 Å². The summed E-state index contributed by atoms with van der Waals surface area (Å²) in [6.45, 7) is 4.36. The molecule has 0 aliphatic rings. The molecule has 1 unspecified atom stereocenters. The van der Waals surface area contributed by atoms with Crippen molar-refractivity contribution >= 4 is 8.03 Å². The van der Waals surface area contributed by atoms with Crippen LogP contribution in [-0.4, -0.2) is 4.89 Å². The summed E-state index contributed by atoms with van der Waals surface area (Å²) >= 11 is 0. The van der Waals surface area contributed by atoms with E-state index in [0.717, 1.165) is 5.81 Å². The van der Waals surface area contributed by atoms with Crippen LogP contribution in [0.5, 0.6) is 0 Å². The molecule has 0 rings (SSSR count). The molecule has 0 bridgehead atoms. The fraction of sp³-hybridized carbons (Fsp3) is 0.800. The zero-order valence-corrected chi connectivity index (χ0v) is 6.72. The van der Waals surface area contributed by atoms with Crippen molar-refractivity contribution < 1.29 is 9.46 Å². The minimum atomic E-state index is -2.82. The van der Waals surface area contributed by atoms with Crippen molar-refractivity contribution in [2.45, 2.75) is 26.7 Å². The molecule has 0 aliphatic heterocycles. The lowest BCUT2D eigenvalue weighted by Crippen LogP contribution is -1.47. The number of nitriles is 1. The van der Waals surface area contributed by atoms with Crippen LogP contribution in [0.3, 0.4) is 0 Å². The first-order valence-electron chi connectivity index (χ1n) is 2.82. The van der Waals surface area contributed by atoms with Crippen molar-refractivity contribution in [3.8, 4) is 5.81 Å². The maximum absolute atomic E-state index is 9.19. The molecule has 0 heterocycles. The Balaban J connectivity index is 0. The second-order valence-electron chi connectivity index (χ2n) is 1.42. The van der Waals surface area contributed by atoms with Crippen LogP contribution < -0.4 is 0 Å². The van der Waals surface area contributed by atoms with E-state index in [0.29, 0.717) is 0 Å². The third kappa shape index (κ3) is 34.5. The summed E-state index contributed by atoms with van der Waals surface area (Å²) in [6.07, 6.45) is 2.64. The Labute approximate surface area is 56.2 Å². The monoisotopic (exact) mass is 149 g/mol. The Kier molecular flexibility index (Phi) is 13.5. The van der Waals surface area contributed by atoms with Crippen LogP contribution in [0.15, 0.2) is 0 Å². The van der Waals surface area contributed by atoms with Gasteiger partial charge in [-0.3, -0.25) is 4.57 Å². The maximum Gasteiger partial charge on any atom is 0.285 e. The SMILES string of the molecule is CCCC.N#C[PH](=O)O. The van der Waals surface area contributed by atoms with Gasteiger partial charge in [0, 0.05) is 0 Å². The van der Waals surface area contributed by atoms with Gasteiger partial charge in [-0.2, -0.15) is 5.26 Å². The Bertz CT molecular complexity index is 106. The average Bonchev–Trinajstić information content (AvgIpc) is 1.89. The highest BCUT2D eigenvalue weighted by molar-refractivity contribution is 7.43. The number of unbranched alkanes of at least 4 members (excludes halogenated alkanes) is 1. The van der Waals surface area contributed by atoms with Crippen molar-refractivity contribution in [1.29, 1.82) is 5.26 Å². The molecule has 0 aliphatic carbocycles. The molecule has 0 aromatic carbocycles. The summed E-state index contributed by atoms with van der Waals surface area (Å²) in [6, 6.07) is 0. The predicted molar refractivity (Wildman–Crippen MR) is 37.4 cm³/mol. The standard InChI is InChI=1S/C4H10.CH2NO2P/c1-3-4-2;2-1-5(3)4/h3-4H2,1-2H3;5H,(H,3,4). The molecule has 0 radical (unpaired) electrons. The first-order valence-corrected chi connectivity index (χ1v) is 4.17. The second-order valence-corrected chi connectivity index (χ2v) is 2.25. The molecule has 0 spiro atoms. The van der Waals surface area contributed by atoms with Gasteiger partial charge in [0.05, 0.1) is 0 Å². The molecule has 0 aromatic heterocycles. The van der Waals surface area contributed by atoms with Gasteiger partial charge in [0.1, 0.15) is 0 Å². The molecule has 1 N–H and O–H groups in total. The van der Waals surface area contributed by atoms with Gasteiger partial charge in [0.2, 0.25) is 0 Å². The van der Waals surface area contributed by atoms with Gasteiger partial charge in [0.15, 0.2) is 5.81 Å². The Hall–Kier alpha value is -0.320. The topological polar surface area (TPSA) is 61.1 Å². The van der Waals surface area contributed by atoms with E-state index in [1.807, 2.05) is 0 Å². The van der Waals surface area contributed by atoms with Crippen LogP contribution in [0.25, 0.3) is 0 Å². The van der Waals surface area contributed by atoms with Crippen molar-refractivity contribution in [3.05, 3.63) is 0 Å². The predicted octanol–water partition coefficient (Wildman–Crippen LogP) is 1.74. The van der Waals surface area contributed by atoms with Crippen molar-refractivity contribution in [2.24, 2.45) is 0 Å². The minimum Gasteiger partial charge on any atom is -0.336 e. The number of hydrogen-bond acceptors (Lipinski definition) is 2. The van der Waals surface area contributed by atoms with E-state index in [2.05, 4.69) is 13.8 Å². The molecular weight excluding hydrogens is 137 g/mol. The third-order valence-corrected chi connectivity index (χ3v) is 0.787. The van der Waals surface area contributed by atoms with Gasteiger partial charge in [-0.05, 0) is 0 Å². The quantitative estimate of drug-likeness (QED) is 0.577. The molecule has 3 nitrogen and oxygen atoms in total. The van der Waals surface area contributed by atoms with Crippen LogP contribution in [0, 0.1) is 11.1 Å². The normalized spacial score (nSPS) is 10.4. The summed E-state index contributed by atoms with van der Waals surface area (Å²) in [5, 5.41) is 7.38. The lowest BCUT2D eigenvalue weighted by molar-refractivity contribution is 0.513. The Morgan fingerprint density at radius 3 is 1.78 bits per heavy atom. The van der Waals surface area contributed by atoms with E-state index in [1.165, 1.54) is 12.8 Å². The van der Waals surface area contributed by atoms with Crippen molar-refractivity contribution in [2.75, 3.05) is 0 Å². The highest BCUT2D eigenvalue weighted by atomic mass is 31.1. The Morgan fingerprint density at radius 2 is 1.78 bits per heavy atom. The molecule has 0 amide bonds. The molecule has 54 valence electrons. The van der Waals surface area contributed by atoms with E-state index in [9.17, 15) is 4.57 Å². The maximum atomic E-state index is 9.19. The van der Waals surface area contributed by atoms with Gasteiger partial charge in [-0.15, -0.1) is 0 Å². The van der Waals surface area contributed by atoms with Crippen molar-refractivity contribution in [3.63, 3.8) is 0 Å². The van der Waals surface area contributed by atoms with E-state index in [-0.39, 0.29) is 0 Å². The summed E-state index contributed by atoms with van der Waals surface area (Å²) in [5.74, 6) is 1.13. The molecule has 0 saturated heterocycles. The molecule has 4 heteroatoms. The summed E-state index contributed by atoms with van der Waals surface area (Å²) < 4.78 is 9.19. The second kappa shape index (κ2) is 10.6. The molecule has 1 atom stereocenters. The number of nitrogens with zero attached hydrogens (tertiary/aromatic N) is 1. The number of hydrogen-bond donors (Lipinski definition) is 1. The molecule has 9 heavy (non-hydrogen) atoms. The summed E-state index contributed by atoms with van der Waals surface area (Å²) in [5.41, 5.74) is 0. The first-order chi connectivity index (χ1) is 4.18. The highest BCUT2D eigenvalue weighted by Gasteiger charge is 1.73. The molecule has 0 fully saturated rings. The zero-order valence-electron chi connectivity index (χ0n) is 5.72. The molecule has 0 saturated carbocycles. The molecular formula is C5H12NO2P. The van der Waals surface area contributed by atoms with Gasteiger partial charge in [-0.25, -0.2) is 0 Å². The van der Waals surface area contributed by atoms with Crippen molar-refractivity contribution in [1.82, 2.24) is 0 Å². The van der Waals surface area contributed by atoms with E-state index < -0.39 is 8.03 Å². The first kappa shape index (κ1) is 11.5. The zero-order chi connectivity index (χ0) is 7.70. The largest absolute Gasteiger partial charge is 0.336 e. The van der Waals surface area contributed by atoms with Gasteiger partial charge >= 0.3 is 0 Å². The lowest BCUT2D eigenvalue weighted by atomic mass is 10.4. The fourth-order valence-corrected chi connectivity index (χ4v) is 0. The van der Waals surface area contributed by atoms with Gasteiger partial charge < -0.3 is 4.89 Å². The summed E-state index contributed by atoms with van der Waals surface area (Å²) in [4.78, 5) is 7.55. The van der Waals surface area contributed by atoms with Crippen LogP contribution in [0.4, 0.5) is 0 Å². The fourth-order valence-electron chi connectivity index (χ4n) is 0.